The lowest BCUT2D eigenvalue weighted by Crippen LogP contribution is -2.27. The first kappa shape index (κ1) is 14.5. The molecule has 0 N–H and O–H groups in total. The van der Waals surface area contributed by atoms with Gasteiger partial charge in [-0.25, -0.2) is 8.42 Å². The Morgan fingerprint density at radius 1 is 1.24 bits per heavy atom. The lowest BCUT2D eigenvalue weighted by molar-refractivity contribution is -0.154. The van der Waals surface area contributed by atoms with E-state index in [2.05, 4.69) is 0 Å². The minimum atomic E-state index is -3.11. The van der Waals surface area contributed by atoms with Gasteiger partial charge in [-0.15, -0.1) is 0 Å². The molecule has 0 atom stereocenters. The summed E-state index contributed by atoms with van der Waals surface area (Å²) >= 11 is 0. The minimum absolute atomic E-state index is 0.0316. The van der Waals surface area contributed by atoms with Gasteiger partial charge in [-0.3, -0.25) is 4.79 Å². The Balaban J connectivity index is 2.42. The van der Waals surface area contributed by atoms with E-state index in [1.54, 1.807) is 20.8 Å². The molecule has 1 aliphatic carbocycles. The number of rotatable bonds is 4. The molecule has 0 aliphatic heterocycles. The average Bonchev–Trinajstić information content (AvgIpc) is 2.65. The maximum Gasteiger partial charge on any atom is 0.307 e. The summed E-state index contributed by atoms with van der Waals surface area (Å²) in [4.78, 5) is 11.4. The van der Waals surface area contributed by atoms with Crippen LogP contribution in [0.25, 0.3) is 0 Å². The third-order valence-corrected chi connectivity index (χ3v) is 5.08. The highest BCUT2D eigenvalue weighted by molar-refractivity contribution is 7.92. The highest BCUT2D eigenvalue weighted by atomic mass is 32.2. The predicted octanol–water partition coefficient (Wildman–Crippen LogP) is 2.08. The molecule has 1 saturated carbocycles. The maximum atomic E-state index is 11.9. The first-order chi connectivity index (χ1) is 7.71. The Bertz CT molecular complexity index is 358. The van der Waals surface area contributed by atoms with Gasteiger partial charge in [0.15, 0.2) is 9.84 Å². The van der Waals surface area contributed by atoms with Crippen LogP contribution < -0.4 is 0 Å². The van der Waals surface area contributed by atoms with Gasteiger partial charge in [0.05, 0.1) is 17.4 Å². The van der Waals surface area contributed by atoms with E-state index in [-0.39, 0.29) is 17.4 Å². The zero-order chi connectivity index (χ0) is 13.1. The molecule has 0 aromatic rings. The van der Waals surface area contributed by atoms with Gasteiger partial charge in [0.1, 0.15) is 5.60 Å². The molecule has 4 nitrogen and oxygen atoms in total. The molecular formula is C12H22O4S. The average molecular weight is 262 g/mol. The van der Waals surface area contributed by atoms with E-state index in [9.17, 15) is 13.2 Å². The van der Waals surface area contributed by atoms with E-state index in [4.69, 9.17) is 4.74 Å². The first-order valence-corrected chi connectivity index (χ1v) is 7.86. The van der Waals surface area contributed by atoms with Crippen molar-refractivity contribution in [3.05, 3.63) is 0 Å². The molecule has 5 heteroatoms. The Kier molecular flexibility index (Phi) is 4.58. The zero-order valence-corrected chi connectivity index (χ0v) is 11.7. The van der Waals surface area contributed by atoms with Gasteiger partial charge in [0.2, 0.25) is 0 Å². The third-order valence-electron chi connectivity index (χ3n) is 2.82. The molecule has 0 spiro atoms. The van der Waals surface area contributed by atoms with Crippen molar-refractivity contribution in [3.63, 3.8) is 0 Å². The van der Waals surface area contributed by atoms with Crippen molar-refractivity contribution >= 4 is 15.8 Å². The Morgan fingerprint density at radius 2 is 1.76 bits per heavy atom. The summed E-state index contributed by atoms with van der Waals surface area (Å²) in [6, 6.07) is 0. The molecule has 17 heavy (non-hydrogen) atoms. The number of esters is 1. The lowest BCUT2D eigenvalue weighted by Gasteiger charge is -2.19. The summed E-state index contributed by atoms with van der Waals surface area (Å²) in [5, 5.41) is -0.232. The van der Waals surface area contributed by atoms with Gasteiger partial charge in [-0.1, -0.05) is 12.8 Å². The minimum Gasteiger partial charge on any atom is -0.460 e. The molecule has 1 rings (SSSR count). The van der Waals surface area contributed by atoms with E-state index >= 15 is 0 Å². The van der Waals surface area contributed by atoms with Crippen LogP contribution in [0.15, 0.2) is 0 Å². The zero-order valence-electron chi connectivity index (χ0n) is 10.9. The number of carbonyl (C=O) groups excluding carboxylic acids is 1. The molecule has 100 valence electrons. The summed E-state index contributed by atoms with van der Waals surface area (Å²) < 4.78 is 28.9. The highest BCUT2D eigenvalue weighted by Gasteiger charge is 2.29. The smallest absolute Gasteiger partial charge is 0.307 e. The summed E-state index contributed by atoms with van der Waals surface area (Å²) in [7, 11) is -3.11. The molecule has 0 radical (unpaired) electrons. The van der Waals surface area contributed by atoms with Crippen LogP contribution in [0, 0.1) is 0 Å². The molecule has 1 aliphatic rings. The SMILES string of the molecule is CC(C)(C)OC(=O)CCS(=O)(=O)C1CCCC1. The first-order valence-electron chi connectivity index (χ1n) is 6.14. The van der Waals surface area contributed by atoms with E-state index in [0.717, 1.165) is 25.7 Å². The number of hydrogen-bond acceptors (Lipinski definition) is 4. The van der Waals surface area contributed by atoms with E-state index < -0.39 is 21.4 Å². The Labute approximate surface area is 104 Å². The van der Waals surface area contributed by atoms with E-state index in [0.29, 0.717) is 0 Å². The summed E-state index contributed by atoms with van der Waals surface area (Å²) in [6.07, 6.45) is 3.43. The second kappa shape index (κ2) is 5.38. The molecule has 0 aromatic heterocycles. The van der Waals surface area contributed by atoms with Crippen molar-refractivity contribution in [2.75, 3.05) is 5.75 Å². The van der Waals surface area contributed by atoms with Crippen molar-refractivity contribution in [1.82, 2.24) is 0 Å². The van der Waals surface area contributed by atoms with Crippen LogP contribution in [-0.2, 0) is 19.4 Å². The van der Waals surface area contributed by atoms with Gasteiger partial charge in [0, 0.05) is 0 Å². The van der Waals surface area contributed by atoms with Crippen molar-refractivity contribution in [2.45, 2.75) is 63.7 Å². The Morgan fingerprint density at radius 3 is 2.24 bits per heavy atom. The van der Waals surface area contributed by atoms with Gasteiger partial charge < -0.3 is 4.74 Å². The fraction of sp³-hybridized carbons (Fsp3) is 0.917. The highest BCUT2D eigenvalue weighted by Crippen LogP contribution is 2.25. The number of sulfone groups is 1. The lowest BCUT2D eigenvalue weighted by atomic mass is 10.2. The summed E-state index contributed by atoms with van der Waals surface area (Å²) in [5.41, 5.74) is -0.547. The number of carbonyl (C=O) groups is 1. The fourth-order valence-electron chi connectivity index (χ4n) is 2.03. The van der Waals surface area contributed by atoms with Crippen LogP contribution in [0.1, 0.15) is 52.9 Å². The topological polar surface area (TPSA) is 60.4 Å². The summed E-state index contributed by atoms with van der Waals surface area (Å²) in [6.45, 7) is 5.32. The second-order valence-electron chi connectivity index (χ2n) is 5.61. The van der Waals surface area contributed by atoms with Crippen LogP contribution >= 0.6 is 0 Å². The molecule has 0 amide bonds. The van der Waals surface area contributed by atoms with Crippen LogP contribution in [0.5, 0.6) is 0 Å². The maximum absolute atomic E-state index is 11.9. The molecule has 0 aromatic carbocycles. The van der Waals surface area contributed by atoms with Crippen LogP contribution in [-0.4, -0.2) is 31.0 Å². The summed E-state index contributed by atoms with van der Waals surface area (Å²) in [5.74, 6) is -0.508. The van der Waals surface area contributed by atoms with Gasteiger partial charge in [0.25, 0.3) is 0 Å². The largest absolute Gasteiger partial charge is 0.460 e. The molecule has 0 unspecified atom stereocenters. The molecule has 0 bridgehead atoms. The Hall–Kier alpha value is -0.580. The number of ether oxygens (including phenoxy) is 1. The molecular weight excluding hydrogens is 240 g/mol. The van der Waals surface area contributed by atoms with Crippen molar-refractivity contribution < 1.29 is 17.9 Å². The van der Waals surface area contributed by atoms with Crippen molar-refractivity contribution in [2.24, 2.45) is 0 Å². The standard InChI is InChI=1S/C12H22O4S/c1-12(2,3)16-11(13)8-9-17(14,15)10-6-4-5-7-10/h10H,4-9H2,1-3H3. The third kappa shape index (κ3) is 5.06. The van der Waals surface area contributed by atoms with E-state index in [1.165, 1.54) is 0 Å². The van der Waals surface area contributed by atoms with Crippen LogP contribution in [0.3, 0.4) is 0 Å². The molecule has 0 heterocycles. The van der Waals surface area contributed by atoms with Gasteiger partial charge in [-0.2, -0.15) is 0 Å². The quantitative estimate of drug-likeness (QED) is 0.728. The van der Waals surface area contributed by atoms with Gasteiger partial charge >= 0.3 is 5.97 Å². The fourth-order valence-corrected chi connectivity index (χ4v) is 3.87. The normalized spacial score (nSPS) is 18.3. The van der Waals surface area contributed by atoms with E-state index in [1.807, 2.05) is 0 Å². The predicted molar refractivity (Wildman–Crippen MR) is 66.5 cm³/mol. The van der Waals surface area contributed by atoms with Gasteiger partial charge in [-0.05, 0) is 33.6 Å². The second-order valence-corrected chi connectivity index (χ2v) is 8.01. The van der Waals surface area contributed by atoms with Crippen molar-refractivity contribution in [3.8, 4) is 0 Å². The number of hydrogen-bond donors (Lipinski definition) is 0. The monoisotopic (exact) mass is 262 g/mol. The molecule has 1 fully saturated rings. The van der Waals surface area contributed by atoms with Crippen LogP contribution in [0.2, 0.25) is 0 Å². The van der Waals surface area contributed by atoms with Crippen molar-refractivity contribution in [1.29, 1.82) is 0 Å². The molecule has 0 saturated heterocycles. The van der Waals surface area contributed by atoms with Crippen LogP contribution in [0.4, 0.5) is 0 Å².